The van der Waals surface area contributed by atoms with Crippen molar-refractivity contribution >= 4 is 21.6 Å². The van der Waals surface area contributed by atoms with Gasteiger partial charge < -0.3 is 9.47 Å². The summed E-state index contributed by atoms with van der Waals surface area (Å²) in [6.07, 6.45) is 0. The van der Waals surface area contributed by atoms with Crippen LogP contribution < -0.4 is 4.74 Å². The zero-order valence-corrected chi connectivity index (χ0v) is 18.8. The molecule has 0 amide bonds. The maximum absolute atomic E-state index is 13.1. The summed E-state index contributed by atoms with van der Waals surface area (Å²) in [6, 6.07) is 20.3. The van der Waals surface area contributed by atoms with Gasteiger partial charge in [0.1, 0.15) is 12.4 Å². The van der Waals surface area contributed by atoms with E-state index in [0.29, 0.717) is 42.0 Å². The number of rotatable bonds is 6. The second-order valence-electron chi connectivity index (χ2n) is 7.56. The van der Waals surface area contributed by atoms with Gasteiger partial charge in [-0.25, -0.2) is 8.42 Å². The fraction of sp³-hybridized carbons (Fsp3) is 0.250. The van der Waals surface area contributed by atoms with Crippen molar-refractivity contribution in [3.05, 3.63) is 94.0 Å². The van der Waals surface area contributed by atoms with Crippen molar-refractivity contribution in [2.45, 2.75) is 31.6 Å². The van der Waals surface area contributed by atoms with Gasteiger partial charge in [-0.15, -0.1) is 0 Å². The third kappa shape index (κ3) is 5.28. The maximum atomic E-state index is 13.1. The molecule has 4 rings (SSSR count). The molecule has 1 aliphatic rings. The number of sulfonamides is 1. The summed E-state index contributed by atoms with van der Waals surface area (Å²) in [5, 5.41) is 0.694. The molecule has 3 aromatic rings. The molecule has 0 bridgehead atoms. The zero-order valence-electron chi connectivity index (χ0n) is 17.3. The Morgan fingerprint density at radius 3 is 2.39 bits per heavy atom. The average molecular weight is 458 g/mol. The van der Waals surface area contributed by atoms with Crippen LogP contribution >= 0.6 is 11.6 Å². The molecule has 3 aromatic carbocycles. The van der Waals surface area contributed by atoms with Crippen LogP contribution in [0.4, 0.5) is 0 Å². The summed E-state index contributed by atoms with van der Waals surface area (Å²) >= 11 is 5.91. The third-order valence-electron chi connectivity index (χ3n) is 5.18. The van der Waals surface area contributed by atoms with Crippen LogP contribution in [-0.4, -0.2) is 25.9 Å². The van der Waals surface area contributed by atoms with Crippen LogP contribution in [0.25, 0.3) is 0 Å². The topological polar surface area (TPSA) is 55.8 Å². The molecule has 1 heterocycles. The fourth-order valence-electron chi connectivity index (χ4n) is 3.45. The molecule has 0 fully saturated rings. The first-order chi connectivity index (χ1) is 14.9. The molecule has 0 saturated carbocycles. The average Bonchev–Trinajstić information content (AvgIpc) is 2.98. The second kappa shape index (κ2) is 9.40. The standard InChI is InChI=1S/C24H24ClNO4S/c1-18-2-9-23(10-3-18)31(27,28)26-12-13-30-24-11-6-20(14-21(24)15-26)17-29-16-19-4-7-22(25)8-5-19/h2-11,14H,12-13,15-17H2,1H3. The molecule has 7 heteroatoms. The van der Waals surface area contributed by atoms with E-state index >= 15 is 0 Å². The molecule has 162 valence electrons. The summed E-state index contributed by atoms with van der Waals surface area (Å²) < 4.78 is 39.4. The number of halogens is 1. The van der Waals surface area contributed by atoms with E-state index in [9.17, 15) is 8.42 Å². The molecule has 0 atom stereocenters. The molecule has 0 radical (unpaired) electrons. The minimum Gasteiger partial charge on any atom is -0.492 e. The lowest BCUT2D eigenvalue weighted by atomic mass is 10.1. The Balaban J connectivity index is 1.47. The molecule has 0 spiro atoms. The normalized spacial score (nSPS) is 14.5. The quantitative estimate of drug-likeness (QED) is 0.525. The van der Waals surface area contributed by atoms with E-state index in [1.807, 2.05) is 61.5 Å². The van der Waals surface area contributed by atoms with E-state index in [4.69, 9.17) is 21.1 Å². The van der Waals surface area contributed by atoms with Crippen molar-refractivity contribution in [2.75, 3.05) is 13.2 Å². The highest BCUT2D eigenvalue weighted by Gasteiger charge is 2.27. The Kier molecular flexibility index (Phi) is 6.62. The van der Waals surface area contributed by atoms with Gasteiger partial charge in [-0.1, -0.05) is 47.5 Å². The molecular formula is C24H24ClNO4S. The van der Waals surface area contributed by atoms with Crippen LogP contribution in [0.3, 0.4) is 0 Å². The number of ether oxygens (including phenoxy) is 2. The van der Waals surface area contributed by atoms with E-state index in [2.05, 4.69) is 0 Å². The minimum absolute atomic E-state index is 0.260. The largest absolute Gasteiger partial charge is 0.492 e. The number of hydrogen-bond acceptors (Lipinski definition) is 4. The predicted octanol–water partition coefficient (Wildman–Crippen LogP) is 4.95. The SMILES string of the molecule is Cc1ccc(S(=O)(=O)N2CCOc3ccc(COCc4ccc(Cl)cc4)cc3C2)cc1. The Bertz CT molecular complexity index is 1150. The van der Waals surface area contributed by atoms with Gasteiger partial charge in [0.25, 0.3) is 0 Å². The first-order valence-corrected chi connectivity index (χ1v) is 11.9. The number of aryl methyl sites for hydroxylation is 1. The molecule has 0 unspecified atom stereocenters. The van der Waals surface area contributed by atoms with Gasteiger partial charge in [0, 0.05) is 23.7 Å². The van der Waals surface area contributed by atoms with Crippen LogP contribution in [0.15, 0.2) is 71.6 Å². The summed E-state index contributed by atoms with van der Waals surface area (Å²) in [4.78, 5) is 0.295. The van der Waals surface area contributed by atoms with E-state index < -0.39 is 10.0 Å². The van der Waals surface area contributed by atoms with Gasteiger partial charge in [0.15, 0.2) is 0 Å². The van der Waals surface area contributed by atoms with Crippen molar-refractivity contribution in [2.24, 2.45) is 0 Å². The number of fused-ring (bicyclic) bond motifs is 1. The Labute approximate surface area is 188 Å². The van der Waals surface area contributed by atoms with E-state index in [1.54, 1.807) is 12.1 Å². The van der Waals surface area contributed by atoms with E-state index in [0.717, 1.165) is 22.3 Å². The van der Waals surface area contributed by atoms with Gasteiger partial charge in [0.2, 0.25) is 10.0 Å². The van der Waals surface area contributed by atoms with Crippen LogP contribution in [-0.2, 0) is 34.5 Å². The van der Waals surface area contributed by atoms with Crippen LogP contribution in [0.2, 0.25) is 5.02 Å². The van der Waals surface area contributed by atoms with Gasteiger partial charge in [-0.05, 0) is 54.4 Å². The van der Waals surface area contributed by atoms with Crippen LogP contribution in [0.5, 0.6) is 5.75 Å². The lowest BCUT2D eigenvalue weighted by molar-refractivity contribution is 0.107. The minimum atomic E-state index is -3.60. The Morgan fingerprint density at radius 1 is 0.968 bits per heavy atom. The molecule has 0 aliphatic carbocycles. The predicted molar refractivity (Wildman–Crippen MR) is 121 cm³/mol. The Hall–Kier alpha value is -2.38. The second-order valence-corrected chi connectivity index (χ2v) is 9.94. The first-order valence-electron chi connectivity index (χ1n) is 10.1. The zero-order chi connectivity index (χ0) is 21.8. The van der Waals surface area contributed by atoms with Crippen molar-refractivity contribution < 1.29 is 17.9 Å². The lowest BCUT2D eigenvalue weighted by Crippen LogP contribution is -2.32. The molecular weight excluding hydrogens is 434 g/mol. The number of benzene rings is 3. The Morgan fingerprint density at radius 2 is 1.65 bits per heavy atom. The van der Waals surface area contributed by atoms with Gasteiger partial charge in [-0.3, -0.25) is 0 Å². The van der Waals surface area contributed by atoms with Crippen molar-refractivity contribution in [1.82, 2.24) is 4.31 Å². The fourth-order valence-corrected chi connectivity index (χ4v) is 4.97. The van der Waals surface area contributed by atoms with E-state index in [-0.39, 0.29) is 6.54 Å². The summed E-state index contributed by atoms with van der Waals surface area (Å²) in [5.74, 6) is 0.711. The molecule has 0 saturated heterocycles. The monoisotopic (exact) mass is 457 g/mol. The van der Waals surface area contributed by atoms with Crippen LogP contribution in [0.1, 0.15) is 22.3 Å². The summed E-state index contributed by atoms with van der Waals surface area (Å²) in [6.45, 7) is 3.69. The smallest absolute Gasteiger partial charge is 0.243 e. The van der Waals surface area contributed by atoms with Gasteiger partial charge in [-0.2, -0.15) is 4.31 Å². The van der Waals surface area contributed by atoms with E-state index in [1.165, 1.54) is 4.31 Å². The van der Waals surface area contributed by atoms with Crippen molar-refractivity contribution in [1.29, 1.82) is 0 Å². The lowest BCUT2D eigenvalue weighted by Gasteiger charge is -2.20. The summed E-state index contributed by atoms with van der Waals surface area (Å²) in [7, 11) is -3.60. The highest BCUT2D eigenvalue weighted by molar-refractivity contribution is 7.89. The highest BCUT2D eigenvalue weighted by atomic mass is 35.5. The summed E-state index contributed by atoms with van der Waals surface area (Å²) in [5.41, 5.74) is 3.86. The molecule has 0 aromatic heterocycles. The van der Waals surface area contributed by atoms with Crippen molar-refractivity contribution in [3.8, 4) is 5.75 Å². The first kappa shape index (κ1) is 21.8. The number of nitrogens with zero attached hydrogens (tertiary/aromatic N) is 1. The molecule has 0 N–H and O–H groups in total. The molecule has 1 aliphatic heterocycles. The molecule has 5 nitrogen and oxygen atoms in total. The van der Waals surface area contributed by atoms with Crippen molar-refractivity contribution in [3.63, 3.8) is 0 Å². The number of hydrogen-bond donors (Lipinski definition) is 0. The van der Waals surface area contributed by atoms with Gasteiger partial charge in [0.05, 0.1) is 18.1 Å². The molecule has 31 heavy (non-hydrogen) atoms. The third-order valence-corrected chi connectivity index (χ3v) is 7.29. The van der Waals surface area contributed by atoms with Crippen LogP contribution in [0, 0.1) is 6.92 Å². The highest BCUT2D eigenvalue weighted by Crippen LogP contribution is 2.28. The maximum Gasteiger partial charge on any atom is 0.243 e. The van der Waals surface area contributed by atoms with Gasteiger partial charge >= 0.3 is 0 Å².